The van der Waals surface area contributed by atoms with E-state index in [-0.39, 0.29) is 11.9 Å². The van der Waals surface area contributed by atoms with Crippen LogP contribution in [0.4, 0.5) is 0 Å². The molecule has 0 saturated carbocycles. The van der Waals surface area contributed by atoms with Crippen LogP contribution in [0.1, 0.15) is 18.9 Å². The zero-order valence-electron chi connectivity index (χ0n) is 10.3. The van der Waals surface area contributed by atoms with E-state index in [1.54, 1.807) is 0 Å². The van der Waals surface area contributed by atoms with Gasteiger partial charge in [-0.05, 0) is 12.0 Å². The fourth-order valence-electron chi connectivity index (χ4n) is 1.56. The van der Waals surface area contributed by atoms with Crippen molar-refractivity contribution in [1.29, 1.82) is 10.8 Å². The molecule has 0 aliphatic rings. The van der Waals surface area contributed by atoms with Gasteiger partial charge < -0.3 is 4.90 Å². The molecule has 0 bridgehead atoms. The van der Waals surface area contributed by atoms with Crippen molar-refractivity contribution >= 4 is 23.7 Å². The fraction of sp³-hybridized carbons (Fsp3) is 0.333. The van der Waals surface area contributed by atoms with Crippen LogP contribution >= 0.6 is 11.8 Å². The van der Waals surface area contributed by atoms with Gasteiger partial charge in [0, 0.05) is 24.9 Å². The van der Waals surface area contributed by atoms with Gasteiger partial charge in [-0.25, -0.2) is 0 Å². The minimum Gasteiger partial charge on any atom is -0.339 e. The number of hydrogen-bond acceptors (Lipinski definition) is 2. The van der Waals surface area contributed by atoms with Crippen molar-refractivity contribution in [2.24, 2.45) is 0 Å². The van der Waals surface area contributed by atoms with Crippen LogP contribution in [0.2, 0.25) is 0 Å². The van der Waals surface area contributed by atoms with Crippen LogP contribution < -0.4 is 10.2 Å². The van der Waals surface area contributed by atoms with Crippen molar-refractivity contribution in [2.45, 2.75) is 19.9 Å². The van der Waals surface area contributed by atoms with Gasteiger partial charge in [0.25, 0.3) is 0 Å². The third kappa shape index (κ3) is 4.63. The number of guanidine groups is 2. The molecule has 0 spiro atoms. The first-order chi connectivity index (χ1) is 8.67. The highest BCUT2D eigenvalue weighted by molar-refractivity contribution is 6.22. The fourth-order valence-corrected chi connectivity index (χ4v) is 1.61. The summed E-state index contributed by atoms with van der Waals surface area (Å²) in [7, 11) is 0. The molecule has 0 amide bonds. The summed E-state index contributed by atoms with van der Waals surface area (Å²) in [5.41, 5.74) is 1.13. The van der Waals surface area contributed by atoms with Gasteiger partial charge >= 0.3 is 0 Å². The van der Waals surface area contributed by atoms with Crippen LogP contribution in [0.3, 0.4) is 0 Å². The molecule has 0 saturated heterocycles. The van der Waals surface area contributed by atoms with E-state index < -0.39 is 0 Å². The lowest BCUT2D eigenvalue weighted by Crippen LogP contribution is -2.45. The maximum atomic E-state index is 7.91. The molecule has 4 N–H and O–H groups in total. The number of halogens is 1. The summed E-state index contributed by atoms with van der Waals surface area (Å²) in [4.78, 5) is 3.99. The van der Waals surface area contributed by atoms with Crippen LogP contribution in [-0.4, -0.2) is 23.4 Å². The molecule has 0 radical (unpaired) electrons. The average molecular weight is 268 g/mol. The molecule has 0 heterocycles. The van der Waals surface area contributed by atoms with Gasteiger partial charge in [0.2, 0.25) is 5.96 Å². The first kappa shape index (κ1) is 14.3. The average Bonchev–Trinajstić information content (AvgIpc) is 2.39. The van der Waals surface area contributed by atoms with Crippen molar-refractivity contribution in [3.63, 3.8) is 0 Å². The second kappa shape index (κ2) is 7.55. The van der Waals surface area contributed by atoms with E-state index >= 15 is 0 Å². The highest BCUT2D eigenvalue weighted by Gasteiger charge is 2.10. The van der Waals surface area contributed by atoms with Crippen LogP contribution in [0.15, 0.2) is 30.3 Å². The third-order valence-electron chi connectivity index (χ3n) is 2.36. The monoisotopic (exact) mass is 267 g/mol. The number of benzene rings is 1. The van der Waals surface area contributed by atoms with Gasteiger partial charge in [-0.2, -0.15) is 0 Å². The first-order valence-corrected chi connectivity index (χ1v) is 6.14. The summed E-state index contributed by atoms with van der Waals surface area (Å²) >= 11 is 5.29. The molecule has 0 fully saturated rings. The maximum Gasteiger partial charge on any atom is 0.210 e. The molecule has 0 unspecified atom stereocenters. The molecule has 98 valence electrons. The van der Waals surface area contributed by atoms with Crippen molar-refractivity contribution in [3.8, 4) is 0 Å². The predicted octanol–water partition coefficient (Wildman–Crippen LogP) is 2.10. The van der Waals surface area contributed by atoms with Crippen molar-refractivity contribution in [3.05, 3.63) is 35.9 Å². The molecule has 1 rings (SSSR count). The van der Waals surface area contributed by atoms with E-state index in [2.05, 4.69) is 17.1 Å². The van der Waals surface area contributed by atoms with E-state index in [4.69, 9.17) is 22.6 Å². The molecule has 0 aromatic heterocycles. The summed E-state index contributed by atoms with van der Waals surface area (Å²) in [5, 5.41) is 17.8. The van der Waals surface area contributed by atoms with Gasteiger partial charge in [-0.3, -0.25) is 21.0 Å². The smallest absolute Gasteiger partial charge is 0.210 e. The second-order valence-electron chi connectivity index (χ2n) is 3.85. The molecule has 1 aromatic carbocycles. The first-order valence-electron chi connectivity index (χ1n) is 5.77. The van der Waals surface area contributed by atoms with Gasteiger partial charge in [-0.1, -0.05) is 37.3 Å². The molecular weight excluding hydrogens is 250 g/mol. The lowest BCUT2D eigenvalue weighted by molar-refractivity contribution is 0.400. The summed E-state index contributed by atoms with van der Waals surface area (Å²) in [6.45, 7) is 3.43. The van der Waals surface area contributed by atoms with Gasteiger partial charge in [-0.15, -0.1) is 0 Å². The predicted molar refractivity (Wildman–Crippen MR) is 74.7 cm³/mol. The Morgan fingerprint density at radius 2 is 1.94 bits per heavy atom. The van der Waals surface area contributed by atoms with Crippen LogP contribution in [0, 0.1) is 10.8 Å². The summed E-state index contributed by atoms with van der Waals surface area (Å²) in [5.74, 6) is 0.0645. The Kier molecular flexibility index (Phi) is 6.00. The lowest BCUT2D eigenvalue weighted by atomic mass is 10.2. The Hall–Kier alpha value is -1.75. The number of nitrogens with one attached hydrogen (secondary N) is 4. The van der Waals surface area contributed by atoms with Crippen LogP contribution in [0.5, 0.6) is 0 Å². The van der Waals surface area contributed by atoms with Gasteiger partial charge in [0.15, 0.2) is 5.96 Å². The maximum absolute atomic E-state index is 7.91. The zero-order chi connectivity index (χ0) is 13.4. The van der Waals surface area contributed by atoms with E-state index in [1.165, 1.54) is 0 Å². The normalized spacial score (nSPS) is 9.67. The highest BCUT2D eigenvalue weighted by atomic mass is 35.5. The van der Waals surface area contributed by atoms with Crippen molar-refractivity contribution < 1.29 is 0 Å². The topological polar surface area (TPSA) is 75.0 Å². The minimum atomic E-state index is -0.101. The van der Waals surface area contributed by atoms with E-state index in [1.807, 2.05) is 35.2 Å². The third-order valence-corrected chi connectivity index (χ3v) is 2.55. The standard InChI is InChI=1S/C12H18ClN5/c1-2-8-18(12(15)16-11(14)17-13)9-10-6-4-3-5-7-10/h3-7H,2,8-9H2,1H3,(H4,14,15,16,17). The van der Waals surface area contributed by atoms with E-state index in [9.17, 15) is 0 Å². The Morgan fingerprint density at radius 1 is 1.28 bits per heavy atom. The summed E-state index contributed by atoms with van der Waals surface area (Å²) in [6, 6.07) is 9.93. The molecule has 0 atom stereocenters. The molecule has 0 aliphatic heterocycles. The van der Waals surface area contributed by atoms with Crippen LogP contribution in [-0.2, 0) is 6.54 Å². The van der Waals surface area contributed by atoms with Gasteiger partial charge in [0.05, 0.1) is 0 Å². The molecular formula is C12H18ClN5. The zero-order valence-corrected chi connectivity index (χ0v) is 11.1. The summed E-state index contributed by atoms with van der Waals surface area (Å²) < 4.78 is 0. The molecule has 0 aliphatic carbocycles. The highest BCUT2D eigenvalue weighted by Crippen LogP contribution is 2.04. The Bertz CT molecular complexity index is 393. The van der Waals surface area contributed by atoms with Crippen molar-refractivity contribution in [2.75, 3.05) is 6.54 Å². The Labute approximate surface area is 112 Å². The minimum absolute atomic E-state index is 0.101. The van der Waals surface area contributed by atoms with E-state index in [0.29, 0.717) is 6.54 Å². The van der Waals surface area contributed by atoms with Gasteiger partial charge in [0.1, 0.15) is 0 Å². The van der Waals surface area contributed by atoms with E-state index in [0.717, 1.165) is 18.5 Å². The lowest BCUT2D eigenvalue weighted by Gasteiger charge is -2.25. The Morgan fingerprint density at radius 3 is 2.50 bits per heavy atom. The van der Waals surface area contributed by atoms with Crippen LogP contribution in [0.25, 0.3) is 0 Å². The number of hydrogen-bond donors (Lipinski definition) is 4. The molecule has 18 heavy (non-hydrogen) atoms. The largest absolute Gasteiger partial charge is 0.339 e. The molecule has 1 aromatic rings. The van der Waals surface area contributed by atoms with Crippen molar-refractivity contribution in [1.82, 2.24) is 15.1 Å². The number of rotatable bonds is 4. The summed E-state index contributed by atoms with van der Waals surface area (Å²) in [6.07, 6.45) is 0.929. The molecule has 6 heteroatoms. The number of nitrogens with zero attached hydrogens (tertiary/aromatic N) is 1. The Balaban J connectivity index is 2.64. The quantitative estimate of drug-likeness (QED) is 0.383. The second-order valence-corrected chi connectivity index (χ2v) is 4.04. The molecule has 5 nitrogen and oxygen atoms in total. The SMILES string of the molecule is CCCN(Cc1ccccc1)C(=N)NC(=N)NCl.